The molecule has 7 nitrogen and oxygen atoms in total. The molecular formula is C18H20ClN3O4. The second-order valence-corrected chi connectivity index (χ2v) is 6.24. The van der Waals surface area contributed by atoms with Crippen molar-refractivity contribution in [1.29, 1.82) is 0 Å². The summed E-state index contributed by atoms with van der Waals surface area (Å²) in [5.74, 6) is 0.512. The summed E-state index contributed by atoms with van der Waals surface area (Å²) in [4.78, 5) is 24.3. The molecule has 0 saturated heterocycles. The van der Waals surface area contributed by atoms with E-state index in [9.17, 15) is 14.9 Å². The molecule has 0 fully saturated rings. The second kappa shape index (κ2) is 8.64. The van der Waals surface area contributed by atoms with Gasteiger partial charge in [-0.15, -0.1) is 0 Å². The number of non-ortho nitro benzene ring substituents is 1. The van der Waals surface area contributed by atoms with Crippen LogP contribution in [-0.2, 0) is 4.79 Å². The number of carbonyl (C=O) groups excluding carboxylic acids is 1. The predicted molar refractivity (Wildman–Crippen MR) is 101 cm³/mol. The maximum absolute atomic E-state index is 12.3. The van der Waals surface area contributed by atoms with Gasteiger partial charge in [-0.3, -0.25) is 19.8 Å². The van der Waals surface area contributed by atoms with Crippen LogP contribution in [0, 0.1) is 10.1 Å². The highest BCUT2D eigenvalue weighted by Crippen LogP contribution is 2.27. The van der Waals surface area contributed by atoms with E-state index in [4.69, 9.17) is 16.3 Å². The van der Waals surface area contributed by atoms with Crippen LogP contribution in [0.2, 0.25) is 5.02 Å². The second-order valence-electron chi connectivity index (χ2n) is 5.83. The Bertz CT molecular complexity index is 796. The molecule has 0 aliphatic carbocycles. The summed E-state index contributed by atoms with van der Waals surface area (Å²) in [7, 11) is 3.45. The summed E-state index contributed by atoms with van der Waals surface area (Å²) in [5, 5.41) is 13.5. The fourth-order valence-corrected chi connectivity index (χ4v) is 2.63. The van der Waals surface area contributed by atoms with Crippen molar-refractivity contribution in [3.63, 3.8) is 0 Å². The quantitative estimate of drug-likeness (QED) is 0.584. The number of ether oxygens (including phenoxy) is 1. The van der Waals surface area contributed by atoms with Crippen molar-refractivity contribution in [1.82, 2.24) is 4.90 Å². The minimum Gasteiger partial charge on any atom is -0.497 e. The van der Waals surface area contributed by atoms with Gasteiger partial charge in [0, 0.05) is 18.2 Å². The molecule has 0 aliphatic heterocycles. The van der Waals surface area contributed by atoms with Crippen molar-refractivity contribution in [2.75, 3.05) is 26.0 Å². The van der Waals surface area contributed by atoms with Crippen LogP contribution in [0.5, 0.6) is 5.75 Å². The van der Waals surface area contributed by atoms with E-state index in [2.05, 4.69) is 5.32 Å². The number of rotatable bonds is 7. The summed E-state index contributed by atoms with van der Waals surface area (Å²) >= 11 is 6.00. The molecular weight excluding hydrogens is 358 g/mol. The van der Waals surface area contributed by atoms with Crippen molar-refractivity contribution in [3.8, 4) is 5.75 Å². The number of nitro groups is 1. The van der Waals surface area contributed by atoms with E-state index in [1.54, 1.807) is 7.11 Å². The molecule has 1 amide bonds. The maximum atomic E-state index is 12.3. The Morgan fingerprint density at radius 3 is 2.50 bits per heavy atom. The SMILES string of the molecule is COc1ccc(C(C)N(C)CC(=O)Nc2ccc([N+](=O)[O-])cc2Cl)cc1. The molecule has 138 valence electrons. The zero-order valence-corrected chi connectivity index (χ0v) is 15.5. The van der Waals surface area contributed by atoms with Crippen LogP contribution in [0.3, 0.4) is 0 Å². The smallest absolute Gasteiger partial charge is 0.271 e. The van der Waals surface area contributed by atoms with E-state index < -0.39 is 4.92 Å². The number of hydrogen-bond acceptors (Lipinski definition) is 5. The summed E-state index contributed by atoms with van der Waals surface area (Å²) < 4.78 is 5.14. The van der Waals surface area contributed by atoms with Gasteiger partial charge in [-0.05, 0) is 37.7 Å². The molecule has 0 aliphatic rings. The third-order valence-electron chi connectivity index (χ3n) is 4.09. The molecule has 2 rings (SSSR count). The van der Waals surface area contributed by atoms with Gasteiger partial charge in [0.2, 0.25) is 5.91 Å². The Labute approximate surface area is 156 Å². The minimum absolute atomic E-state index is 0.0130. The lowest BCUT2D eigenvalue weighted by Crippen LogP contribution is -2.32. The lowest BCUT2D eigenvalue weighted by molar-refractivity contribution is -0.384. The van der Waals surface area contributed by atoms with Crippen LogP contribution < -0.4 is 10.1 Å². The molecule has 0 saturated carbocycles. The van der Waals surface area contributed by atoms with Crippen LogP contribution in [0.1, 0.15) is 18.5 Å². The topological polar surface area (TPSA) is 84.7 Å². The molecule has 2 aromatic rings. The summed E-state index contributed by atoms with van der Waals surface area (Å²) in [6.45, 7) is 2.13. The van der Waals surface area contributed by atoms with Crippen molar-refractivity contribution in [3.05, 3.63) is 63.2 Å². The number of likely N-dealkylation sites (N-methyl/N-ethyl adjacent to an activating group) is 1. The van der Waals surface area contributed by atoms with Gasteiger partial charge < -0.3 is 10.1 Å². The molecule has 0 spiro atoms. The molecule has 26 heavy (non-hydrogen) atoms. The van der Waals surface area contributed by atoms with Gasteiger partial charge in [-0.25, -0.2) is 0 Å². The van der Waals surface area contributed by atoms with E-state index in [0.717, 1.165) is 11.3 Å². The van der Waals surface area contributed by atoms with Gasteiger partial charge in [0.15, 0.2) is 0 Å². The highest BCUT2D eigenvalue weighted by molar-refractivity contribution is 6.34. The summed E-state index contributed by atoms with van der Waals surface area (Å²) in [6, 6.07) is 11.6. The molecule has 0 radical (unpaired) electrons. The summed E-state index contributed by atoms with van der Waals surface area (Å²) in [5.41, 5.74) is 1.26. The number of halogens is 1. The average Bonchev–Trinajstić information content (AvgIpc) is 2.62. The largest absolute Gasteiger partial charge is 0.497 e. The van der Waals surface area contributed by atoms with Crippen LogP contribution in [0.4, 0.5) is 11.4 Å². The Morgan fingerprint density at radius 2 is 1.96 bits per heavy atom. The van der Waals surface area contributed by atoms with E-state index >= 15 is 0 Å². The van der Waals surface area contributed by atoms with Gasteiger partial charge in [0.05, 0.1) is 29.3 Å². The normalized spacial score (nSPS) is 11.9. The van der Waals surface area contributed by atoms with Crippen LogP contribution in [-0.4, -0.2) is 36.4 Å². The molecule has 0 bridgehead atoms. The Hall–Kier alpha value is -2.64. The number of hydrogen-bond donors (Lipinski definition) is 1. The first-order chi connectivity index (χ1) is 12.3. The molecule has 0 heterocycles. The van der Waals surface area contributed by atoms with Gasteiger partial charge >= 0.3 is 0 Å². The maximum Gasteiger partial charge on any atom is 0.271 e. The number of anilines is 1. The Morgan fingerprint density at radius 1 is 1.31 bits per heavy atom. The highest BCUT2D eigenvalue weighted by Gasteiger charge is 2.17. The molecule has 1 unspecified atom stereocenters. The third-order valence-corrected chi connectivity index (χ3v) is 4.40. The van der Waals surface area contributed by atoms with Crippen LogP contribution in [0.25, 0.3) is 0 Å². The zero-order valence-electron chi connectivity index (χ0n) is 14.7. The number of nitrogens with zero attached hydrogens (tertiary/aromatic N) is 2. The van der Waals surface area contributed by atoms with Gasteiger partial charge in [-0.2, -0.15) is 0 Å². The first kappa shape index (κ1) is 19.7. The molecule has 8 heteroatoms. The first-order valence-electron chi connectivity index (χ1n) is 7.89. The Balaban J connectivity index is 1.98. The molecule has 1 N–H and O–H groups in total. The first-order valence-corrected chi connectivity index (χ1v) is 8.27. The standard InChI is InChI=1S/C18H20ClN3O4/c1-12(13-4-7-15(26-3)8-5-13)21(2)11-18(23)20-17-9-6-14(22(24)25)10-16(17)19/h4-10,12H,11H2,1-3H3,(H,20,23). The van der Waals surface area contributed by atoms with Gasteiger partial charge in [-0.1, -0.05) is 23.7 Å². The van der Waals surface area contributed by atoms with Gasteiger partial charge in [0.1, 0.15) is 5.75 Å². The lowest BCUT2D eigenvalue weighted by atomic mass is 10.1. The number of nitrogens with one attached hydrogen (secondary N) is 1. The molecule has 0 aromatic heterocycles. The predicted octanol–water partition coefficient (Wildman–Crippen LogP) is 3.89. The number of nitro benzene ring substituents is 1. The summed E-state index contributed by atoms with van der Waals surface area (Å²) in [6.07, 6.45) is 0. The van der Waals surface area contributed by atoms with E-state index in [0.29, 0.717) is 5.69 Å². The van der Waals surface area contributed by atoms with E-state index in [-0.39, 0.29) is 29.2 Å². The monoisotopic (exact) mass is 377 g/mol. The number of amides is 1. The van der Waals surface area contributed by atoms with Crippen molar-refractivity contribution < 1.29 is 14.5 Å². The van der Waals surface area contributed by atoms with Crippen molar-refractivity contribution >= 4 is 28.9 Å². The molecule has 1 atom stereocenters. The lowest BCUT2D eigenvalue weighted by Gasteiger charge is -2.24. The number of methoxy groups -OCH3 is 1. The Kier molecular flexibility index (Phi) is 6.54. The third kappa shape index (κ3) is 4.93. The minimum atomic E-state index is -0.540. The van der Waals surface area contributed by atoms with E-state index in [1.165, 1.54) is 18.2 Å². The van der Waals surface area contributed by atoms with Gasteiger partial charge in [0.25, 0.3) is 5.69 Å². The fraction of sp³-hybridized carbons (Fsp3) is 0.278. The average molecular weight is 378 g/mol. The fourth-order valence-electron chi connectivity index (χ4n) is 2.41. The van der Waals surface area contributed by atoms with Crippen LogP contribution >= 0.6 is 11.6 Å². The van der Waals surface area contributed by atoms with E-state index in [1.807, 2.05) is 43.1 Å². The highest BCUT2D eigenvalue weighted by atomic mass is 35.5. The van der Waals surface area contributed by atoms with Crippen molar-refractivity contribution in [2.24, 2.45) is 0 Å². The number of benzene rings is 2. The van der Waals surface area contributed by atoms with Crippen molar-refractivity contribution in [2.45, 2.75) is 13.0 Å². The number of carbonyl (C=O) groups is 1. The van der Waals surface area contributed by atoms with Crippen LogP contribution in [0.15, 0.2) is 42.5 Å². The zero-order chi connectivity index (χ0) is 19.3. The molecule has 2 aromatic carbocycles.